The quantitative estimate of drug-likeness (QED) is 0.862. The van der Waals surface area contributed by atoms with Crippen LogP contribution in [0.15, 0.2) is 18.2 Å². The molecule has 0 radical (unpaired) electrons. The molecule has 0 heterocycles. The van der Waals surface area contributed by atoms with Gasteiger partial charge in [-0.3, -0.25) is 4.79 Å². The summed E-state index contributed by atoms with van der Waals surface area (Å²) in [5, 5.41) is 13.0. The van der Waals surface area contributed by atoms with Crippen LogP contribution in [0.25, 0.3) is 0 Å². The summed E-state index contributed by atoms with van der Waals surface area (Å²) in [6.07, 6.45) is 1.35. The molecule has 5 heteroatoms. The van der Waals surface area contributed by atoms with Crippen molar-refractivity contribution in [2.24, 2.45) is 5.41 Å². The van der Waals surface area contributed by atoms with E-state index in [9.17, 15) is 9.90 Å². The third-order valence-electron chi connectivity index (χ3n) is 3.57. The molecule has 1 unspecified atom stereocenters. The van der Waals surface area contributed by atoms with E-state index in [-0.39, 0.29) is 6.04 Å². The lowest BCUT2D eigenvalue weighted by Gasteiger charge is -2.24. The summed E-state index contributed by atoms with van der Waals surface area (Å²) in [5.74, 6) is -0.104. The molecule has 0 aromatic heterocycles. The maximum atomic E-state index is 11.4. The minimum atomic E-state index is -0.770. The first kappa shape index (κ1) is 13.2. The van der Waals surface area contributed by atoms with E-state index in [2.05, 4.69) is 5.32 Å². The van der Waals surface area contributed by atoms with E-state index < -0.39 is 11.4 Å². The molecular formula is C13H16ClNO3. The second kappa shape index (κ2) is 4.78. The monoisotopic (exact) mass is 269 g/mol. The smallest absolute Gasteiger partial charge is 0.311 e. The van der Waals surface area contributed by atoms with Crippen molar-refractivity contribution in [1.82, 2.24) is 5.32 Å². The highest BCUT2D eigenvalue weighted by molar-refractivity contribution is 6.31. The molecule has 0 aliphatic heterocycles. The van der Waals surface area contributed by atoms with Crippen molar-refractivity contribution < 1.29 is 14.6 Å². The minimum absolute atomic E-state index is 0.270. The summed E-state index contributed by atoms with van der Waals surface area (Å²) in [5.41, 5.74) is 0.0901. The standard InChI is InChI=1S/C13H16ClNO3/c1-15-11(13(5-6-13)12(16)17)9-4-3-8(18-2)7-10(9)14/h3-4,7,11,15H,5-6H2,1-2H3,(H,16,17). The van der Waals surface area contributed by atoms with Crippen molar-refractivity contribution in [3.8, 4) is 5.75 Å². The highest BCUT2D eigenvalue weighted by Crippen LogP contribution is 2.56. The lowest BCUT2D eigenvalue weighted by molar-refractivity contribution is -0.144. The van der Waals surface area contributed by atoms with Crippen LogP contribution in [0.3, 0.4) is 0 Å². The van der Waals surface area contributed by atoms with Crippen LogP contribution in [0, 0.1) is 5.41 Å². The molecule has 4 nitrogen and oxygen atoms in total. The Labute approximate surface area is 111 Å². The molecule has 0 amide bonds. The summed E-state index contributed by atoms with van der Waals surface area (Å²) in [4.78, 5) is 11.4. The number of aliphatic carboxylic acids is 1. The van der Waals surface area contributed by atoms with Crippen LogP contribution in [-0.4, -0.2) is 25.2 Å². The number of methoxy groups -OCH3 is 1. The molecule has 1 atom stereocenters. The molecule has 1 fully saturated rings. The van der Waals surface area contributed by atoms with Gasteiger partial charge in [0.2, 0.25) is 0 Å². The van der Waals surface area contributed by atoms with Crippen molar-refractivity contribution in [2.45, 2.75) is 18.9 Å². The molecule has 0 bridgehead atoms. The number of carboxylic acid groups (broad SMARTS) is 1. The normalized spacial score (nSPS) is 18.2. The van der Waals surface area contributed by atoms with E-state index in [0.29, 0.717) is 23.6 Å². The Hall–Kier alpha value is -1.26. The zero-order valence-corrected chi connectivity index (χ0v) is 11.1. The molecule has 18 heavy (non-hydrogen) atoms. The van der Waals surface area contributed by atoms with Crippen molar-refractivity contribution in [3.05, 3.63) is 28.8 Å². The van der Waals surface area contributed by atoms with E-state index in [1.165, 1.54) is 0 Å². The Kier molecular flexibility index (Phi) is 3.50. The van der Waals surface area contributed by atoms with E-state index in [4.69, 9.17) is 16.3 Å². The summed E-state index contributed by atoms with van der Waals surface area (Å²) >= 11 is 6.21. The molecule has 2 rings (SSSR count). The SMILES string of the molecule is CNC(c1ccc(OC)cc1Cl)C1(C(=O)O)CC1. The van der Waals surface area contributed by atoms with Crippen LogP contribution in [0.4, 0.5) is 0 Å². The van der Waals surface area contributed by atoms with Crippen LogP contribution in [0.5, 0.6) is 5.75 Å². The van der Waals surface area contributed by atoms with Crippen LogP contribution in [0.1, 0.15) is 24.4 Å². The molecule has 1 aromatic rings. The van der Waals surface area contributed by atoms with Crippen LogP contribution in [-0.2, 0) is 4.79 Å². The van der Waals surface area contributed by atoms with Crippen molar-refractivity contribution in [1.29, 1.82) is 0 Å². The van der Waals surface area contributed by atoms with Gasteiger partial charge in [0.15, 0.2) is 0 Å². The number of carboxylic acids is 1. The van der Waals surface area contributed by atoms with Crippen molar-refractivity contribution >= 4 is 17.6 Å². The first-order valence-corrected chi connectivity index (χ1v) is 6.17. The van der Waals surface area contributed by atoms with Gasteiger partial charge in [0.25, 0.3) is 0 Å². The zero-order valence-electron chi connectivity index (χ0n) is 10.4. The average Bonchev–Trinajstić information content (AvgIpc) is 3.13. The Morgan fingerprint density at radius 3 is 2.61 bits per heavy atom. The van der Waals surface area contributed by atoms with Crippen molar-refractivity contribution in [2.75, 3.05) is 14.2 Å². The maximum Gasteiger partial charge on any atom is 0.311 e. The van der Waals surface area contributed by atoms with Crippen LogP contribution in [0.2, 0.25) is 5.02 Å². The highest BCUT2D eigenvalue weighted by Gasteiger charge is 2.56. The predicted octanol–water partition coefficient (Wildman–Crippen LogP) is 2.47. The van der Waals surface area contributed by atoms with Gasteiger partial charge in [0, 0.05) is 11.1 Å². The lowest BCUT2D eigenvalue weighted by Crippen LogP contribution is -2.32. The van der Waals surface area contributed by atoms with Gasteiger partial charge in [-0.25, -0.2) is 0 Å². The van der Waals surface area contributed by atoms with E-state index in [1.807, 2.05) is 6.07 Å². The van der Waals surface area contributed by atoms with Gasteiger partial charge in [-0.05, 0) is 37.6 Å². The second-order valence-corrected chi connectivity index (χ2v) is 4.98. The predicted molar refractivity (Wildman–Crippen MR) is 69.1 cm³/mol. The average molecular weight is 270 g/mol. The molecule has 1 aliphatic carbocycles. The molecule has 1 saturated carbocycles. The van der Waals surface area contributed by atoms with Gasteiger partial charge in [-0.15, -0.1) is 0 Å². The number of ether oxygens (including phenoxy) is 1. The molecule has 1 aliphatic rings. The Morgan fingerprint density at radius 2 is 2.22 bits per heavy atom. The largest absolute Gasteiger partial charge is 0.497 e. The number of hydrogen-bond donors (Lipinski definition) is 2. The molecular weight excluding hydrogens is 254 g/mol. The summed E-state index contributed by atoms with van der Waals surface area (Å²) in [6, 6.07) is 5.06. The summed E-state index contributed by atoms with van der Waals surface area (Å²) < 4.78 is 5.09. The van der Waals surface area contributed by atoms with E-state index in [0.717, 1.165) is 5.56 Å². The molecule has 2 N–H and O–H groups in total. The van der Waals surface area contributed by atoms with Crippen LogP contribution < -0.4 is 10.1 Å². The molecule has 0 spiro atoms. The number of benzene rings is 1. The van der Waals surface area contributed by atoms with Crippen LogP contribution >= 0.6 is 11.6 Å². The van der Waals surface area contributed by atoms with E-state index >= 15 is 0 Å². The Bertz CT molecular complexity index is 471. The summed E-state index contributed by atoms with van der Waals surface area (Å²) in [7, 11) is 3.33. The fourth-order valence-corrected chi connectivity index (χ4v) is 2.64. The van der Waals surface area contributed by atoms with Gasteiger partial charge in [-0.2, -0.15) is 0 Å². The third-order valence-corrected chi connectivity index (χ3v) is 3.90. The summed E-state index contributed by atoms with van der Waals surface area (Å²) in [6.45, 7) is 0. The number of rotatable bonds is 5. The number of hydrogen-bond acceptors (Lipinski definition) is 3. The lowest BCUT2D eigenvalue weighted by atomic mass is 9.90. The van der Waals surface area contributed by atoms with Gasteiger partial charge in [0.05, 0.1) is 12.5 Å². The topological polar surface area (TPSA) is 58.6 Å². The Balaban J connectivity index is 2.37. The van der Waals surface area contributed by atoms with E-state index in [1.54, 1.807) is 26.3 Å². The second-order valence-electron chi connectivity index (χ2n) is 4.57. The molecule has 1 aromatic carbocycles. The highest BCUT2D eigenvalue weighted by atomic mass is 35.5. The Morgan fingerprint density at radius 1 is 1.56 bits per heavy atom. The number of nitrogens with one attached hydrogen (secondary N) is 1. The zero-order chi connectivity index (χ0) is 13.3. The molecule has 0 saturated heterocycles. The van der Waals surface area contributed by atoms with Gasteiger partial charge >= 0.3 is 5.97 Å². The first-order chi connectivity index (χ1) is 8.55. The van der Waals surface area contributed by atoms with Gasteiger partial charge in [-0.1, -0.05) is 17.7 Å². The first-order valence-electron chi connectivity index (χ1n) is 5.79. The minimum Gasteiger partial charge on any atom is -0.497 e. The van der Waals surface area contributed by atoms with Gasteiger partial charge < -0.3 is 15.2 Å². The number of halogens is 1. The molecule has 98 valence electrons. The van der Waals surface area contributed by atoms with Crippen molar-refractivity contribution in [3.63, 3.8) is 0 Å². The number of carbonyl (C=O) groups is 1. The fourth-order valence-electron chi connectivity index (χ4n) is 2.36. The fraction of sp³-hybridized carbons (Fsp3) is 0.462. The van der Waals surface area contributed by atoms with Gasteiger partial charge in [0.1, 0.15) is 5.75 Å². The maximum absolute atomic E-state index is 11.4. The third kappa shape index (κ3) is 2.06.